The highest BCUT2D eigenvalue weighted by atomic mass is 16.7. The molecular formula is C18H18N4O3. The van der Waals surface area contributed by atoms with Crippen LogP contribution in [0.1, 0.15) is 12.8 Å². The summed E-state index contributed by atoms with van der Waals surface area (Å²) >= 11 is 0. The summed E-state index contributed by atoms with van der Waals surface area (Å²) in [5.41, 5.74) is 2.82. The van der Waals surface area contributed by atoms with Gasteiger partial charge in [0, 0.05) is 31.0 Å². The van der Waals surface area contributed by atoms with E-state index in [0.29, 0.717) is 0 Å². The van der Waals surface area contributed by atoms with E-state index in [1.807, 2.05) is 35.0 Å². The van der Waals surface area contributed by atoms with Crippen LogP contribution in [0, 0.1) is 0 Å². The Bertz CT molecular complexity index is 931. The molecule has 0 bridgehead atoms. The Labute approximate surface area is 144 Å². The Morgan fingerprint density at radius 3 is 2.80 bits per heavy atom. The maximum absolute atomic E-state index is 9.73. The Morgan fingerprint density at radius 2 is 1.92 bits per heavy atom. The fourth-order valence-electron chi connectivity index (χ4n) is 3.48. The van der Waals surface area contributed by atoms with Gasteiger partial charge in [-0.15, -0.1) is 0 Å². The number of piperidine rings is 1. The van der Waals surface area contributed by atoms with Crippen LogP contribution in [0.4, 0.5) is 5.82 Å². The first-order chi connectivity index (χ1) is 12.3. The lowest BCUT2D eigenvalue weighted by Gasteiger charge is -2.30. The number of imidazole rings is 1. The summed E-state index contributed by atoms with van der Waals surface area (Å²) in [6.07, 6.45) is 6.89. The predicted molar refractivity (Wildman–Crippen MR) is 92.0 cm³/mol. The third-order valence-corrected chi connectivity index (χ3v) is 4.84. The number of aliphatic hydroxyl groups excluding tert-OH is 1. The number of aromatic nitrogens is 3. The quantitative estimate of drug-likeness (QED) is 0.771. The molecule has 0 aliphatic carbocycles. The predicted octanol–water partition coefficient (Wildman–Crippen LogP) is 2.09. The van der Waals surface area contributed by atoms with Crippen molar-refractivity contribution in [3.05, 3.63) is 36.8 Å². The van der Waals surface area contributed by atoms with E-state index in [2.05, 4.69) is 14.9 Å². The van der Waals surface area contributed by atoms with E-state index < -0.39 is 0 Å². The number of benzene rings is 1. The van der Waals surface area contributed by atoms with Crippen molar-refractivity contribution in [3.63, 3.8) is 0 Å². The first-order valence-electron chi connectivity index (χ1n) is 8.45. The van der Waals surface area contributed by atoms with Crippen molar-refractivity contribution >= 4 is 11.5 Å². The highest BCUT2D eigenvalue weighted by molar-refractivity contribution is 5.72. The van der Waals surface area contributed by atoms with E-state index in [1.165, 1.54) is 0 Å². The molecule has 0 radical (unpaired) electrons. The van der Waals surface area contributed by atoms with Crippen LogP contribution in [0.5, 0.6) is 11.5 Å². The van der Waals surface area contributed by atoms with Gasteiger partial charge in [0.25, 0.3) is 0 Å². The Hall–Kier alpha value is -2.80. The molecule has 128 valence electrons. The summed E-state index contributed by atoms with van der Waals surface area (Å²) in [7, 11) is 0. The molecule has 3 aromatic rings. The van der Waals surface area contributed by atoms with Gasteiger partial charge in [-0.3, -0.25) is 4.40 Å². The van der Waals surface area contributed by atoms with Crippen LogP contribution in [-0.2, 0) is 0 Å². The molecule has 5 rings (SSSR count). The van der Waals surface area contributed by atoms with E-state index in [9.17, 15) is 5.11 Å². The number of hydrogen-bond acceptors (Lipinski definition) is 6. The number of aliphatic hydroxyl groups is 1. The van der Waals surface area contributed by atoms with E-state index in [1.54, 1.807) is 6.20 Å². The Balaban J connectivity index is 1.56. The normalized spacial score (nSPS) is 17.4. The minimum absolute atomic E-state index is 0.208. The number of ether oxygens (including phenoxy) is 2. The Morgan fingerprint density at radius 1 is 1.08 bits per heavy atom. The average Bonchev–Trinajstić information content (AvgIpc) is 3.28. The van der Waals surface area contributed by atoms with E-state index >= 15 is 0 Å². The van der Waals surface area contributed by atoms with Crippen LogP contribution in [0.3, 0.4) is 0 Å². The molecule has 7 heteroatoms. The number of fused-ring (bicyclic) bond motifs is 2. The maximum atomic E-state index is 9.73. The number of anilines is 1. The van der Waals surface area contributed by atoms with Crippen molar-refractivity contribution in [2.45, 2.75) is 18.9 Å². The molecule has 0 spiro atoms. The third kappa shape index (κ3) is 2.39. The van der Waals surface area contributed by atoms with Gasteiger partial charge in [-0.1, -0.05) is 0 Å². The highest BCUT2D eigenvalue weighted by Gasteiger charge is 2.22. The molecule has 1 N–H and O–H groups in total. The smallest absolute Gasteiger partial charge is 0.231 e. The number of rotatable bonds is 2. The van der Waals surface area contributed by atoms with E-state index in [0.717, 1.165) is 60.2 Å². The van der Waals surface area contributed by atoms with Crippen LogP contribution in [0.15, 0.2) is 36.8 Å². The van der Waals surface area contributed by atoms with Crippen molar-refractivity contribution < 1.29 is 14.6 Å². The number of nitrogens with zero attached hydrogens (tertiary/aromatic N) is 4. The van der Waals surface area contributed by atoms with Gasteiger partial charge >= 0.3 is 0 Å². The molecule has 1 aromatic carbocycles. The lowest BCUT2D eigenvalue weighted by Crippen LogP contribution is -2.36. The SMILES string of the molecule is OC1CCN(c2nccn3c(-c4ccc5c(c4)OCO5)cnc23)CC1. The summed E-state index contributed by atoms with van der Waals surface area (Å²) in [6.45, 7) is 1.85. The van der Waals surface area contributed by atoms with E-state index in [-0.39, 0.29) is 12.9 Å². The topological polar surface area (TPSA) is 72.1 Å². The largest absolute Gasteiger partial charge is 0.454 e. The van der Waals surface area contributed by atoms with Crippen LogP contribution < -0.4 is 14.4 Å². The molecule has 2 aliphatic heterocycles. The molecular weight excluding hydrogens is 320 g/mol. The van der Waals surface area contributed by atoms with Crippen LogP contribution in [-0.4, -0.2) is 45.5 Å². The lowest BCUT2D eigenvalue weighted by atomic mass is 10.1. The second kappa shape index (κ2) is 5.63. The lowest BCUT2D eigenvalue weighted by molar-refractivity contribution is 0.145. The first kappa shape index (κ1) is 14.5. The minimum Gasteiger partial charge on any atom is -0.454 e. The zero-order valence-electron chi connectivity index (χ0n) is 13.6. The van der Waals surface area contributed by atoms with E-state index in [4.69, 9.17) is 9.47 Å². The minimum atomic E-state index is -0.208. The molecule has 4 heterocycles. The summed E-state index contributed by atoms with van der Waals surface area (Å²) in [5, 5.41) is 9.73. The molecule has 0 atom stereocenters. The first-order valence-corrected chi connectivity index (χ1v) is 8.45. The molecule has 7 nitrogen and oxygen atoms in total. The average molecular weight is 338 g/mol. The summed E-state index contributed by atoms with van der Waals surface area (Å²) < 4.78 is 12.9. The number of hydrogen-bond donors (Lipinski definition) is 1. The standard InChI is InChI=1S/C18H18N4O3/c23-13-3-6-21(7-4-13)17-18-20-10-14(22(18)8-5-19-17)12-1-2-15-16(9-12)25-11-24-15/h1-2,5,8-10,13,23H,3-4,6-7,11H2. The highest BCUT2D eigenvalue weighted by Crippen LogP contribution is 2.36. The molecule has 25 heavy (non-hydrogen) atoms. The van der Waals surface area contributed by atoms with Gasteiger partial charge in [0.05, 0.1) is 18.0 Å². The third-order valence-electron chi connectivity index (χ3n) is 4.84. The van der Waals surface area contributed by atoms with Crippen molar-refractivity contribution in [1.29, 1.82) is 0 Å². The molecule has 2 aliphatic rings. The summed E-state index contributed by atoms with van der Waals surface area (Å²) in [4.78, 5) is 11.3. The van der Waals surface area contributed by atoms with Gasteiger partial charge in [0.2, 0.25) is 6.79 Å². The molecule has 0 saturated carbocycles. The van der Waals surface area contributed by atoms with Crippen molar-refractivity contribution in [1.82, 2.24) is 14.4 Å². The summed E-state index contributed by atoms with van der Waals surface area (Å²) in [6, 6.07) is 5.91. The van der Waals surface area contributed by atoms with Crippen molar-refractivity contribution in [3.8, 4) is 22.8 Å². The summed E-state index contributed by atoms with van der Waals surface area (Å²) in [5.74, 6) is 2.39. The van der Waals surface area contributed by atoms with Gasteiger partial charge < -0.3 is 19.5 Å². The van der Waals surface area contributed by atoms with Gasteiger partial charge in [-0.2, -0.15) is 0 Å². The molecule has 1 saturated heterocycles. The monoisotopic (exact) mass is 338 g/mol. The van der Waals surface area contributed by atoms with Gasteiger partial charge in [-0.05, 0) is 31.0 Å². The van der Waals surface area contributed by atoms with Crippen molar-refractivity contribution in [2.75, 3.05) is 24.8 Å². The molecule has 0 amide bonds. The molecule has 2 aromatic heterocycles. The van der Waals surface area contributed by atoms with Gasteiger partial charge in [0.15, 0.2) is 23.0 Å². The van der Waals surface area contributed by atoms with Crippen molar-refractivity contribution in [2.24, 2.45) is 0 Å². The van der Waals surface area contributed by atoms with Gasteiger partial charge in [0.1, 0.15) is 0 Å². The van der Waals surface area contributed by atoms with Crippen LogP contribution in [0.2, 0.25) is 0 Å². The fourth-order valence-corrected chi connectivity index (χ4v) is 3.48. The van der Waals surface area contributed by atoms with Crippen LogP contribution in [0.25, 0.3) is 16.9 Å². The zero-order valence-corrected chi connectivity index (χ0v) is 13.6. The maximum Gasteiger partial charge on any atom is 0.231 e. The fraction of sp³-hybridized carbons (Fsp3) is 0.333. The second-order valence-corrected chi connectivity index (χ2v) is 6.37. The zero-order chi connectivity index (χ0) is 16.8. The molecule has 0 unspecified atom stereocenters. The van der Waals surface area contributed by atoms with Crippen LogP contribution >= 0.6 is 0 Å². The Kier molecular flexibility index (Phi) is 3.27. The molecule has 1 fully saturated rings. The van der Waals surface area contributed by atoms with Gasteiger partial charge in [-0.25, -0.2) is 9.97 Å². The second-order valence-electron chi connectivity index (χ2n) is 6.37.